The summed E-state index contributed by atoms with van der Waals surface area (Å²) >= 11 is 0. The Hall–Kier alpha value is -2.95. The number of aromatic nitrogens is 3. The van der Waals surface area contributed by atoms with E-state index >= 15 is 0 Å². The van der Waals surface area contributed by atoms with Gasteiger partial charge in [-0.3, -0.25) is 4.79 Å². The molecule has 22 heavy (non-hydrogen) atoms. The van der Waals surface area contributed by atoms with Crippen LogP contribution in [-0.2, 0) is 0 Å². The van der Waals surface area contributed by atoms with E-state index in [1.807, 2.05) is 73.6 Å². The number of carbonyl (C=O) groups is 1. The van der Waals surface area contributed by atoms with E-state index < -0.39 is 0 Å². The van der Waals surface area contributed by atoms with Crippen molar-refractivity contribution in [2.45, 2.75) is 0 Å². The summed E-state index contributed by atoms with van der Waals surface area (Å²) in [6.45, 7) is 0. The van der Waals surface area contributed by atoms with Crippen LogP contribution in [0.25, 0.3) is 17.1 Å². The van der Waals surface area contributed by atoms with E-state index in [2.05, 4.69) is 10.1 Å². The van der Waals surface area contributed by atoms with Gasteiger partial charge in [-0.25, -0.2) is 9.67 Å². The summed E-state index contributed by atoms with van der Waals surface area (Å²) in [7, 11) is 3.98. The third kappa shape index (κ3) is 2.61. The maximum absolute atomic E-state index is 11.0. The highest BCUT2D eigenvalue weighted by molar-refractivity contribution is 5.71. The van der Waals surface area contributed by atoms with E-state index in [9.17, 15) is 4.79 Å². The Morgan fingerprint density at radius 3 is 2.27 bits per heavy atom. The number of carbonyl (C=O) groups excluding carboxylic acids is 1. The maximum Gasteiger partial charge on any atom is 0.215 e. The lowest BCUT2D eigenvalue weighted by Crippen LogP contribution is -2.08. The maximum atomic E-state index is 11.0. The van der Waals surface area contributed by atoms with Crippen LogP contribution < -0.4 is 4.90 Å². The van der Waals surface area contributed by atoms with E-state index in [-0.39, 0.29) is 5.82 Å². The van der Waals surface area contributed by atoms with E-state index in [0.29, 0.717) is 12.1 Å². The van der Waals surface area contributed by atoms with Gasteiger partial charge in [-0.05, 0) is 36.4 Å². The number of hydrogen-bond acceptors (Lipinski definition) is 4. The van der Waals surface area contributed by atoms with Gasteiger partial charge in [0.2, 0.25) is 5.82 Å². The molecule has 0 fully saturated rings. The van der Waals surface area contributed by atoms with Crippen molar-refractivity contribution in [3.05, 3.63) is 60.4 Å². The lowest BCUT2D eigenvalue weighted by atomic mass is 10.2. The number of rotatable bonds is 4. The summed E-state index contributed by atoms with van der Waals surface area (Å²) < 4.78 is 1.69. The van der Waals surface area contributed by atoms with E-state index in [1.54, 1.807) is 4.68 Å². The largest absolute Gasteiger partial charge is 0.378 e. The molecule has 3 rings (SSSR count). The predicted octanol–water partition coefficient (Wildman–Crippen LogP) is 2.81. The molecule has 0 spiro atoms. The van der Waals surface area contributed by atoms with Gasteiger partial charge in [0.25, 0.3) is 0 Å². The summed E-state index contributed by atoms with van der Waals surface area (Å²) in [5.41, 5.74) is 2.88. The zero-order valence-electron chi connectivity index (χ0n) is 12.5. The second kappa shape index (κ2) is 5.81. The molecule has 0 aliphatic rings. The third-order valence-corrected chi connectivity index (χ3v) is 3.37. The molecule has 0 unspecified atom stereocenters. The van der Waals surface area contributed by atoms with Gasteiger partial charge in [-0.2, -0.15) is 0 Å². The van der Waals surface area contributed by atoms with Crippen molar-refractivity contribution in [3.63, 3.8) is 0 Å². The fraction of sp³-hybridized carbons (Fsp3) is 0.118. The molecule has 0 atom stereocenters. The average Bonchev–Trinajstić information content (AvgIpc) is 3.00. The van der Waals surface area contributed by atoms with E-state index in [4.69, 9.17) is 0 Å². The number of anilines is 1. The Morgan fingerprint density at radius 1 is 1.00 bits per heavy atom. The number of nitrogens with zero attached hydrogens (tertiary/aromatic N) is 4. The molecular weight excluding hydrogens is 276 g/mol. The van der Waals surface area contributed by atoms with Gasteiger partial charge in [0.1, 0.15) is 0 Å². The fourth-order valence-electron chi connectivity index (χ4n) is 2.22. The molecule has 5 nitrogen and oxygen atoms in total. The summed E-state index contributed by atoms with van der Waals surface area (Å²) in [6.07, 6.45) is 0.664. The number of benzene rings is 2. The molecular formula is C17H16N4O. The van der Waals surface area contributed by atoms with Crippen LogP contribution in [0.3, 0.4) is 0 Å². The van der Waals surface area contributed by atoms with Crippen molar-refractivity contribution in [2.75, 3.05) is 19.0 Å². The second-order valence-electron chi connectivity index (χ2n) is 5.10. The highest BCUT2D eigenvalue weighted by Gasteiger charge is 2.13. The second-order valence-corrected chi connectivity index (χ2v) is 5.10. The van der Waals surface area contributed by atoms with Crippen molar-refractivity contribution >= 4 is 12.0 Å². The number of aldehydes is 1. The first kappa shape index (κ1) is 14.0. The highest BCUT2D eigenvalue weighted by Crippen LogP contribution is 2.23. The minimum absolute atomic E-state index is 0.176. The molecule has 0 amide bonds. The summed E-state index contributed by atoms with van der Waals surface area (Å²) in [4.78, 5) is 17.4. The van der Waals surface area contributed by atoms with Crippen LogP contribution in [0, 0.1) is 0 Å². The standard InChI is InChI=1S/C17H16N4O/c1-20(2)14-10-8-13(9-11-14)17-18-16(12-22)19-21(17)15-6-4-3-5-7-15/h3-12H,1-2H3. The lowest BCUT2D eigenvalue weighted by Gasteiger charge is -2.12. The predicted molar refractivity (Wildman–Crippen MR) is 86.5 cm³/mol. The first-order chi connectivity index (χ1) is 10.7. The first-order valence-corrected chi connectivity index (χ1v) is 6.94. The van der Waals surface area contributed by atoms with Gasteiger partial charge < -0.3 is 4.90 Å². The molecule has 110 valence electrons. The van der Waals surface area contributed by atoms with Crippen molar-refractivity contribution in [2.24, 2.45) is 0 Å². The lowest BCUT2D eigenvalue weighted by molar-refractivity contribution is 0.111. The van der Waals surface area contributed by atoms with Crippen LogP contribution >= 0.6 is 0 Å². The van der Waals surface area contributed by atoms with Gasteiger partial charge in [0, 0.05) is 25.3 Å². The Morgan fingerprint density at radius 2 is 1.68 bits per heavy atom. The quantitative estimate of drug-likeness (QED) is 0.694. The fourth-order valence-corrected chi connectivity index (χ4v) is 2.22. The minimum Gasteiger partial charge on any atom is -0.378 e. The molecule has 5 heteroatoms. The topological polar surface area (TPSA) is 51.0 Å². The van der Waals surface area contributed by atoms with Gasteiger partial charge >= 0.3 is 0 Å². The van der Waals surface area contributed by atoms with Crippen molar-refractivity contribution in [1.82, 2.24) is 14.8 Å². The first-order valence-electron chi connectivity index (χ1n) is 6.94. The summed E-state index contributed by atoms with van der Waals surface area (Å²) in [6, 6.07) is 17.6. The minimum atomic E-state index is 0.176. The molecule has 0 saturated carbocycles. The Balaban J connectivity index is 2.10. The highest BCUT2D eigenvalue weighted by atomic mass is 16.1. The molecule has 1 aromatic heterocycles. The van der Waals surface area contributed by atoms with Gasteiger partial charge in [-0.1, -0.05) is 18.2 Å². The van der Waals surface area contributed by atoms with Gasteiger partial charge in [-0.15, -0.1) is 5.10 Å². The average molecular weight is 292 g/mol. The summed E-state index contributed by atoms with van der Waals surface area (Å²) in [5, 5.41) is 4.26. The zero-order chi connectivity index (χ0) is 15.5. The van der Waals surface area contributed by atoms with Crippen LogP contribution in [0.1, 0.15) is 10.6 Å². The van der Waals surface area contributed by atoms with Crippen molar-refractivity contribution in [1.29, 1.82) is 0 Å². The SMILES string of the molecule is CN(C)c1ccc(-c2nc(C=O)nn2-c2ccccc2)cc1. The third-order valence-electron chi connectivity index (χ3n) is 3.37. The van der Waals surface area contributed by atoms with Crippen LogP contribution in [0.5, 0.6) is 0 Å². The molecule has 0 saturated heterocycles. The molecule has 0 N–H and O–H groups in total. The molecule has 1 heterocycles. The van der Waals surface area contributed by atoms with Crippen molar-refractivity contribution in [3.8, 4) is 17.1 Å². The van der Waals surface area contributed by atoms with E-state index in [0.717, 1.165) is 16.9 Å². The Kier molecular flexibility index (Phi) is 3.70. The smallest absolute Gasteiger partial charge is 0.215 e. The zero-order valence-corrected chi connectivity index (χ0v) is 12.5. The van der Waals surface area contributed by atoms with Gasteiger partial charge in [0.15, 0.2) is 12.1 Å². The van der Waals surface area contributed by atoms with Crippen LogP contribution in [-0.4, -0.2) is 35.1 Å². The molecule has 0 bridgehead atoms. The molecule has 0 aliphatic heterocycles. The number of para-hydroxylation sites is 1. The molecule has 2 aromatic carbocycles. The van der Waals surface area contributed by atoms with Crippen molar-refractivity contribution < 1.29 is 4.79 Å². The Bertz CT molecular complexity index is 776. The van der Waals surface area contributed by atoms with Crippen LogP contribution in [0.15, 0.2) is 54.6 Å². The molecule has 0 aliphatic carbocycles. The van der Waals surface area contributed by atoms with Crippen LogP contribution in [0.2, 0.25) is 0 Å². The normalized spacial score (nSPS) is 10.5. The summed E-state index contributed by atoms with van der Waals surface area (Å²) in [5.74, 6) is 0.828. The van der Waals surface area contributed by atoms with E-state index in [1.165, 1.54) is 0 Å². The molecule has 3 aromatic rings. The van der Waals surface area contributed by atoms with Gasteiger partial charge in [0.05, 0.1) is 5.69 Å². The molecule has 0 radical (unpaired) electrons. The number of hydrogen-bond donors (Lipinski definition) is 0. The Labute approximate surface area is 128 Å². The monoisotopic (exact) mass is 292 g/mol. The van der Waals surface area contributed by atoms with Crippen LogP contribution in [0.4, 0.5) is 5.69 Å².